The van der Waals surface area contributed by atoms with E-state index in [9.17, 15) is 14.7 Å². The number of carbonyl (C=O) groups is 2. The van der Waals surface area contributed by atoms with E-state index in [1.54, 1.807) is 36.4 Å². The maximum Gasteiger partial charge on any atom is 0.301 e. The number of fused-ring (bicyclic) bond motifs is 2. The van der Waals surface area contributed by atoms with E-state index in [1.165, 1.54) is 28.0 Å². The predicted molar refractivity (Wildman–Crippen MR) is 198 cm³/mol. The number of hydrogen-bond donors (Lipinski definition) is 1. The van der Waals surface area contributed by atoms with Gasteiger partial charge in [-0.15, -0.1) is 10.2 Å². The Morgan fingerprint density at radius 2 is 1.76 bits per heavy atom. The summed E-state index contributed by atoms with van der Waals surface area (Å²) < 4.78 is 24.1. The zero-order chi connectivity index (χ0) is 35.5. The van der Waals surface area contributed by atoms with E-state index in [-0.39, 0.29) is 16.5 Å². The second-order valence-corrected chi connectivity index (χ2v) is 14.7. The smallest absolute Gasteiger partial charge is 0.301 e. The van der Waals surface area contributed by atoms with Crippen LogP contribution in [0, 0.1) is 5.92 Å². The van der Waals surface area contributed by atoms with Gasteiger partial charge < -0.3 is 24.1 Å². The molecule has 7 rings (SSSR count). The van der Waals surface area contributed by atoms with Gasteiger partial charge in [-0.1, -0.05) is 85.5 Å². The Morgan fingerprint density at radius 1 is 0.961 bits per heavy atom. The largest absolute Gasteiger partial charge is 0.507 e. The predicted octanol–water partition coefficient (Wildman–Crippen LogP) is 8.20. The van der Waals surface area contributed by atoms with Crippen LogP contribution in [0.1, 0.15) is 49.9 Å². The van der Waals surface area contributed by atoms with Crippen LogP contribution in [0.3, 0.4) is 0 Å². The molecule has 1 amide bonds. The summed E-state index contributed by atoms with van der Waals surface area (Å²) in [6, 6.07) is 23.6. The van der Waals surface area contributed by atoms with Crippen molar-refractivity contribution < 1.29 is 33.6 Å². The van der Waals surface area contributed by atoms with Crippen molar-refractivity contribution in [2.45, 2.75) is 43.3 Å². The van der Waals surface area contributed by atoms with Crippen LogP contribution < -0.4 is 23.8 Å². The molecule has 1 aromatic heterocycles. The number of thioether (sulfide) groups is 1. The topological polar surface area (TPSA) is 120 Å². The highest BCUT2D eigenvalue weighted by Gasteiger charge is 2.48. The lowest BCUT2D eigenvalue weighted by Gasteiger charge is -2.24. The van der Waals surface area contributed by atoms with Gasteiger partial charge in [0.05, 0.1) is 24.8 Å². The normalized spacial score (nSPS) is 16.6. The molecule has 1 unspecified atom stereocenters. The first-order chi connectivity index (χ1) is 24.8. The fourth-order valence-corrected chi connectivity index (χ4v) is 7.97. The first-order valence-corrected chi connectivity index (χ1v) is 18.7. The molecule has 12 heteroatoms. The molecule has 262 valence electrons. The van der Waals surface area contributed by atoms with Crippen molar-refractivity contribution in [2.75, 3.05) is 31.3 Å². The number of ether oxygens (including phenoxy) is 4. The molecule has 1 saturated heterocycles. The molecule has 0 radical (unpaired) electrons. The number of hydrogen-bond acceptors (Lipinski definition) is 11. The maximum absolute atomic E-state index is 13.9. The molecule has 10 nitrogen and oxygen atoms in total. The van der Waals surface area contributed by atoms with Gasteiger partial charge in [-0.25, -0.2) is 0 Å². The van der Waals surface area contributed by atoms with E-state index < -0.39 is 17.7 Å². The molecule has 2 aliphatic heterocycles. The Hall–Kier alpha value is -5.07. The number of amides is 1. The van der Waals surface area contributed by atoms with Gasteiger partial charge in [0.2, 0.25) is 5.13 Å². The number of ketones is 1. The van der Waals surface area contributed by atoms with Crippen molar-refractivity contribution in [1.82, 2.24) is 10.2 Å². The molecule has 4 aromatic carbocycles. The number of carbonyl (C=O) groups excluding carboxylic acids is 2. The summed E-state index contributed by atoms with van der Waals surface area (Å²) >= 11 is 2.72. The third kappa shape index (κ3) is 7.11. The monoisotopic (exact) mass is 723 g/mol. The molecular formula is C39H37N3O7S2. The second kappa shape index (κ2) is 15.0. The van der Waals surface area contributed by atoms with Crippen molar-refractivity contribution in [2.24, 2.45) is 5.92 Å². The summed E-state index contributed by atoms with van der Waals surface area (Å²) in [6.07, 6.45) is 0.862. The molecule has 5 aromatic rings. The van der Waals surface area contributed by atoms with Crippen LogP contribution in [-0.4, -0.2) is 53.4 Å². The lowest BCUT2D eigenvalue weighted by Crippen LogP contribution is -2.29. The van der Waals surface area contributed by atoms with Gasteiger partial charge in [0.25, 0.3) is 5.78 Å². The van der Waals surface area contributed by atoms with Crippen LogP contribution in [0.15, 0.2) is 88.8 Å². The number of rotatable bonds is 12. The van der Waals surface area contributed by atoms with Gasteiger partial charge in [0.15, 0.2) is 27.3 Å². The van der Waals surface area contributed by atoms with Gasteiger partial charge in [-0.05, 0) is 71.5 Å². The summed E-state index contributed by atoms with van der Waals surface area (Å²) in [7, 11) is 0. The standard InChI is InChI=1S/C39H37N3O7S2/c1-4-46-31-20-25(12-14-29(31)47-17-16-23(2)3)34-33(35(43)26-13-15-30-32(21-26)49-19-18-48-30)36(44)37(45)42(34)38-40-41-39(51-38)50-22-27-10-7-9-24-8-5-6-11-28(24)27/h5-15,20-21,23,34,43H,4,16-19,22H2,1-3H3/b35-33+. The molecule has 3 heterocycles. The third-order valence-electron chi connectivity index (χ3n) is 8.63. The average molecular weight is 724 g/mol. The minimum Gasteiger partial charge on any atom is -0.507 e. The lowest BCUT2D eigenvalue weighted by molar-refractivity contribution is -0.132. The lowest BCUT2D eigenvalue weighted by atomic mass is 9.95. The zero-order valence-corrected chi connectivity index (χ0v) is 30.1. The summed E-state index contributed by atoms with van der Waals surface area (Å²) in [5, 5.41) is 23.1. The number of Topliss-reactive ketones (excluding diaryl/α,β-unsaturated/α-hetero) is 1. The zero-order valence-electron chi connectivity index (χ0n) is 28.5. The number of nitrogens with zero attached hydrogens (tertiary/aromatic N) is 3. The molecule has 0 aliphatic carbocycles. The molecule has 1 fully saturated rings. The number of aliphatic hydroxyl groups is 1. The number of benzene rings is 4. The molecule has 51 heavy (non-hydrogen) atoms. The number of anilines is 1. The highest BCUT2D eigenvalue weighted by atomic mass is 32.2. The van der Waals surface area contributed by atoms with Crippen LogP contribution in [-0.2, 0) is 15.3 Å². The van der Waals surface area contributed by atoms with Gasteiger partial charge in [0, 0.05) is 11.3 Å². The fourth-order valence-electron chi connectivity index (χ4n) is 6.09. The van der Waals surface area contributed by atoms with Crippen molar-refractivity contribution in [1.29, 1.82) is 0 Å². The van der Waals surface area contributed by atoms with Gasteiger partial charge in [-0.2, -0.15) is 0 Å². The van der Waals surface area contributed by atoms with E-state index in [1.807, 2.05) is 25.1 Å². The van der Waals surface area contributed by atoms with Crippen molar-refractivity contribution >= 4 is 56.5 Å². The Kier molecular flexibility index (Phi) is 10.1. The van der Waals surface area contributed by atoms with Crippen LogP contribution in [0.5, 0.6) is 23.0 Å². The highest BCUT2D eigenvalue weighted by Crippen LogP contribution is 2.46. The first-order valence-electron chi connectivity index (χ1n) is 16.9. The van der Waals surface area contributed by atoms with E-state index in [0.29, 0.717) is 76.6 Å². The first kappa shape index (κ1) is 34.4. The Labute approximate surface area is 304 Å². The average Bonchev–Trinajstić information content (AvgIpc) is 3.72. The molecular weight excluding hydrogens is 687 g/mol. The van der Waals surface area contributed by atoms with Crippen LogP contribution in [0.2, 0.25) is 0 Å². The second-order valence-electron chi connectivity index (χ2n) is 12.5. The highest BCUT2D eigenvalue weighted by molar-refractivity contribution is 8.00. The van der Waals surface area contributed by atoms with Crippen LogP contribution in [0.25, 0.3) is 16.5 Å². The maximum atomic E-state index is 13.9. The summed E-state index contributed by atoms with van der Waals surface area (Å²) in [4.78, 5) is 29.2. The molecule has 0 saturated carbocycles. The Balaban J connectivity index is 1.27. The number of aliphatic hydroxyl groups excluding tert-OH is 1. The van der Waals surface area contributed by atoms with Gasteiger partial charge in [0.1, 0.15) is 19.0 Å². The SMILES string of the molecule is CCOc1cc(C2/C(=C(\O)c3ccc4c(c3)OCCO4)C(=O)C(=O)N2c2nnc(SCc3cccc4ccccc34)s2)ccc1OCCC(C)C. The quantitative estimate of drug-likeness (QED) is 0.0443. The Morgan fingerprint density at radius 3 is 2.59 bits per heavy atom. The van der Waals surface area contributed by atoms with Gasteiger partial charge >= 0.3 is 5.91 Å². The minimum atomic E-state index is -1.04. The van der Waals surface area contributed by atoms with Gasteiger partial charge in [-0.3, -0.25) is 14.5 Å². The molecule has 0 bridgehead atoms. The fraction of sp³-hybridized carbons (Fsp3) is 0.282. The summed E-state index contributed by atoms with van der Waals surface area (Å²) in [5.74, 6) is 1.07. The molecule has 1 N–H and O–H groups in total. The van der Waals surface area contributed by atoms with E-state index in [2.05, 4.69) is 48.3 Å². The number of aromatic nitrogens is 2. The van der Waals surface area contributed by atoms with E-state index in [0.717, 1.165) is 22.8 Å². The van der Waals surface area contributed by atoms with E-state index >= 15 is 0 Å². The van der Waals surface area contributed by atoms with Crippen molar-refractivity contribution in [3.05, 3.63) is 101 Å². The van der Waals surface area contributed by atoms with Crippen molar-refractivity contribution in [3.63, 3.8) is 0 Å². The Bertz CT molecular complexity index is 2120. The molecule has 0 spiro atoms. The summed E-state index contributed by atoms with van der Waals surface area (Å²) in [5.41, 5.74) is 1.90. The summed E-state index contributed by atoms with van der Waals surface area (Å²) in [6.45, 7) is 7.76. The van der Waals surface area contributed by atoms with Crippen LogP contribution >= 0.6 is 23.1 Å². The molecule has 1 atom stereocenters. The molecule has 2 aliphatic rings. The van der Waals surface area contributed by atoms with E-state index in [4.69, 9.17) is 18.9 Å². The van der Waals surface area contributed by atoms with Crippen LogP contribution in [0.4, 0.5) is 5.13 Å². The third-order valence-corrected chi connectivity index (χ3v) is 10.7. The minimum absolute atomic E-state index is 0.0900. The van der Waals surface area contributed by atoms with Crippen molar-refractivity contribution in [3.8, 4) is 23.0 Å².